The van der Waals surface area contributed by atoms with E-state index in [9.17, 15) is 4.79 Å². The highest BCUT2D eigenvalue weighted by Gasteiger charge is 2.10. The number of aromatic carboxylic acids is 1. The average Bonchev–Trinajstić information content (AvgIpc) is 2.43. The van der Waals surface area contributed by atoms with Gasteiger partial charge in [0.1, 0.15) is 17.6 Å². The first-order valence-electron chi connectivity index (χ1n) is 6.04. The van der Waals surface area contributed by atoms with Crippen molar-refractivity contribution in [2.24, 2.45) is 0 Å². The summed E-state index contributed by atoms with van der Waals surface area (Å²) < 4.78 is 5.66. The largest absolute Gasteiger partial charge is 0.478 e. The minimum atomic E-state index is -1.07. The molecule has 100 valence electrons. The van der Waals surface area contributed by atoms with Crippen LogP contribution in [-0.4, -0.2) is 11.1 Å². The van der Waals surface area contributed by atoms with Crippen LogP contribution < -0.4 is 4.74 Å². The molecule has 0 fully saturated rings. The predicted molar refractivity (Wildman–Crippen MR) is 74.1 cm³/mol. The molecule has 0 radical (unpaired) electrons. The van der Waals surface area contributed by atoms with Crippen molar-refractivity contribution in [2.75, 3.05) is 0 Å². The molecule has 0 amide bonds. The van der Waals surface area contributed by atoms with E-state index in [-0.39, 0.29) is 11.1 Å². The monoisotopic (exact) mass is 267 g/mol. The van der Waals surface area contributed by atoms with Crippen LogP contribution in [0.3, 0.4) is 0 Å². The van der Waals surface area contributed by atoms with Gasteiger partial charge in [0.25, 0.3) is 0 Å². The first-order valence-corrected chi connectivity index (χ1v) is 6.04. The Hall–Kier alpha value is -2.80. The second-order valence-electron chi connectivity index (χ2n) is 4.48. The Morgan fingerprint density at radius 3 is 2.50 bits per heavy atom. The highest BCUT2D eigenvalue weighted by molar-refractivity contribution is 5.88. The van der Waals surface area contributed by atoms with Crippen LogP contribution in [0.15, 0.2) is 36.4 Å². The van der Waals surface area contributed by atoms with Crippen molar-refractivity contribution < 1.29 is 14.6 Å². The molecule has 0 spiro atoms. The van der Waals surface area contributed by atoms with E-state index in [4.69, 9.17) is 15.1 Å². The molecule has 0 aromatic heterocycles. The van der Waals surface area contributed by atoms with E-state index in [0.29, 0.717) is 11.5 Å². The average molecular weight is 267 g/mol. The van der Waals surface area contributed by atoms with E-state index in [2.05, 4.69) is 0 Å². The number of hydrogen-bond acceptors (Lipinski definition) is 3. The van der Waals surface area contributed by atoms with Crippen LogP contribution in [0.25, 0.3) is 0 Å². The van der Waals surface area contributed by atoms with Crippen LogP contribution in [0.1, 0.15) is 27.0 Å². The Kier molecular flexibility index (Phi) is 3.72. The second-order valence-corrected chi connectivity index (χ2v) is 4.48. The Balaban J connectivity index is 2.36. The third kappa shape index (κ3) is 2.78. The van der Waals surface area contributed by atoms with Crippen molar-refractivity contribution in [1.29, 1.82) is 5.26 Å². The Bertz CT molecular complexity index is 714. The smallest absolute Gasteiger partial charge is 0.335 e. The molecule has 2 aromatic rings. The number of aryl methyl sites for hydroxylation is 2. The molecule has 1 N–H and O–H groups in total. The van der Waals surface area contributed by atoms with Crippen molar-refractivity contribution in [1.82, 2.24) is 0 Å². The SMILES string of the molecule is Cc1ccc(Oc2ccc(C(=O)O)cc2C#N)cc1C. The van der Waals surface area contributed by atoms with Crippen molar-refractivity contribution in [2.45, 2.75) is 13.8 Å². The number of rotatable bonds is 3. The second kappa shape index (κ2) is 5.45. The molecule has 0 saturated carbocycles. The molecule has 4 nitrogen and oxygen atoms in total. The lowest BCUT2D eigenvalue weighted by molar-refractivity contribution is 0.0697. The maximum Gasteiger partial charge on any atom is 0.335 e. The number of nitrogens with zero attached hydrogens (tertiary/aromatic N) is 1. The molecular formula is C16H13NO3. The van der Waals surface area contributed by atoms with Crippen LogP contribution in [0.5, 0.6) is 11.5 Å². The van der Waals surface area contributed by atoms with Crippen LogP contribution in [0, 0.1) is 25.2 Å². The van der Waals surface area contributed by atoms with Gasteiger partial charge in [0.15, 0.2) is 0 Å². The molecular weight excluding hydrogens is 254 g/mol. The Labute approximate surface area is 116 Å². The van der Waals surface area contributed by atoms with Crippen LogP contribution in [0.4, 0.5) is 0 Å². The molecule has 2 rings (SSSR count). The quantitative estimate of drug-likeness (QED) is 0.921. The number of nitriles is 1. The number of benzene rings is 2. The lowest BCUT2D eigenvalue weighted by Gasteiger charge is -2.09. The summed E-state index contributed by atoms with van der Waals surface area (Å²) in [4.78, 5) is 10.9. The van der Waals surface area contributed by atoms with Crippen LogP contribution in [0.2, 0.25) is 0 Å². The molecule has 4 heteroatoms. The molecule has 0 aliphatic heterocycles. The van der Waals surface area contributed by atoms with Gasteiger partial charge in [0, 0.05) is 0 Å². The van der Waals surface area contributed by atoms with Gasteiger partial charge in [-0.1, -0.05) is 6.07 Å². The maximum absolute atomic E-state index is 10.9. The number of carbonyl (C=O) groups is 1. The predicted octanol–water partition coefficient (Wildman–Crippen LogP) is 3.67. The number of hydrogen-bond donors (Lipinski definition) is 1. The molecule has 2 aromatic carbocycles. The van der Waals surface area contributed by atoms with E-state index in [1.165, 1.54) is 18.2 Å². The van der Waals surface area contributed by atoms with Crippen molar-refractivity contribution in [3.8, 4) is 17.6 Å². The zero-order valence-corrected chi connectivity index (χ0v) is 11.2. The van der Waals surface area contributed by atoms with E-state index >= 15 is 0 Å². The van der Waals surface area contributed by atoms with E-state index < -0.39 is 5.97 Å². The summed E-state index contributed by atoms with van der Waals surface area (Å²) in [6.45, 7) is 3.97. The van der Waals surface area contributed by atoms with E-state index in [0.717, 1.165) is 11.1 Å². The van der Waals surface area contributed by atoms with Gasteiger partial charge < -0.3 is 9.84 Å². The summed E-state index contributed by atoms with van der Waals surface area (Å²) in [5.74, 6) is -0.104. The fraction of sp³-hybridized carbons (Fsp3) is 0.125. The highest BCUT2D eigenvalue weighted by Crippen LogP contribution is 2.27. The molecule has 0 atom stereocenters. The zero-order valence-electron chi connectivity index (χ0n) is 11.2. The lowest BCUT2D eigenvalue weighted by atomic mass is 10.1. The minimum absolute atomic E-state index is 0.0639. The standard InChI is InChI=1S/C16H13NO3/c1-10-3-5-14(7-11(10)2)20-15-6-4-12(16(18)19)8-13(15)9-17/h3-8H,1-2H3,(H,18,19). The van der Waals surface area contributed by atoms with Crippen LogP contribution in [-0.2, 0) is 0 Å². The van der Waals surface area contributed by atoms with Gasteiger partial charge in [0.2, 0.25) is 0 Å². The van der Waals surface area contributed by atoms with Gasteiger partial charge in [-0.3, -0.25) is 0 Å². The van der Waals surface area contributed by atoms with Gasteiger partial charge in [-0.15, -0.1) is 0 Å². The molecule has 0 heterocycles. The molecule has 0 bridgehead atoms. The number of carboxylic acids is 1. The maximum atomic E-state index is 10.9. The third-order valence-corrected chi connectivity index (χ3v) is 3.05. The normalized spacial score (nSPS) is 9.85. The van der Waals surface area contributed by atoms with Gasteiger partial charge in [-0.2, -0.15) is 5.26 Å². The summed E-state index contributed by atoms with van der Waals surface area (Å²) in [6, 6.07) is 11.8. The summed E-state index contributed by atoms with van der Waals surface area (Å²) in [7, 11) is 0. The molecule has 0 saturated heterocycles. The Morgan fingerprint density at radius 1 is 1.15 bits per heavy atom. The molecule has 0 aliphatic rings. The molecule has 0 aliphatic carbocycles. The summed E-state index contributed by atoms with van der Waals surface area (Å²) in [5.41, 5.74) is 2.50. The van der Waals surface area contributed by atoms with Gasteiger partial charge in [-0.25, -0.2) is 4.79 Å². The summed E-state index contributed by atoms with van der Waals surface area (Å²) in [5, 5.41) is 18.0. The molecule has 20 heavy (non-hydrogen) atoms. The Morgan fingerprint density at radius 2 is 1.90 bits per heavy atom. The van der Waals surface area contributed by atoms with Crippen molar-refractivity contribution >= 4 is 5.97 Å². The van der Waals surface area contributed by atoms with Crippen molar-refractivity contribution in [3.63, 3.8) is 0 Å². The zero-order chi connectivity index (χ0) is 14.7. The van der Waals surface area contributed by atoms with Crippen LogP contribution >= 0.6 is 0 Å². The number of carboxylic acid groups (broad SMARTS) is 1. The van der Waals surface area contributed by atoms with Gasteiger partial charge in [0.05, 0.1) is 11.1 Å². The third-order valence-electron chi connectivity index (χ3n) is 3.05. The number of ether oxygens (including phenoxy) is 1. The van der Waals surface area contributed by atoms with Gasteiger partial charge >= 0.3 is 5.97 Å². The topological polar surface area (TPSA) is 70.3 Å². The molecule has 0 unspecified atom stereocenters. The minimum Gasteiger partial charge on any atom is -0.478 e. The highest BCUT2D eigenvalue weighted by atomic mass is 16.5. The van der Waals surface area contributed by atoms with E-state index in [1.54, 1.807) is 0 Å². The first-order chi connectivity index (χ1) is 9.51. The lowest BCUT2D eigenvalue weighted by Crippen LogP contribution is -1.98. The first kappa shape index (κ1) is 13.6. The summed E-state index contributed by atoms with van der Waals surface area (Å²) >= 11 is 0. The fourth-order valence-corrected chi connectivity index (χ4v) is 1.74. The van der Waals surface area contributed by atoms with E-state index in [1.807, 2.05) is 38.1 Å². The van der Waals surface area contributed by atoms with Gasteiger partial charge in [-0.05, 0) is 55.3 Å². The van der Waals surface area contributed by atoms with Crippen molar-refractivity contribution in [3.05, 3.63) is 58.7 Å². The summed E-state index contributed by atoms with van der Waals surface area (Å²) in [6.07, 6.45) is 0. The fourth-order valence-electron chi connectivity index (χ4n) is 1.74.